The fourth-order valence-corrected chi connectivity index (χ4v) is 1.49. The summed E-state index contributed by atoms with van der Waals surface area (Å²) in [6, 6.07) is 3.31. The summed E-state index contributed by atoms with van der Waals surface area (Å²) in [5, 5.41) is 0. The predicted octanol–water partition coefficient (Wildman–Crippen LogP) is 2.65. The molecular weight excluding hydrogens is 194 g/mol. The average molecular weight is 202 g/mol. The summed E-state index contributed by atoms with van der Waals surface area (Å²) in [5.41, 5.74) is 0. The molecule has 0 bridgehead atoms. The monoisotopic (exact) mass is 202 g/mol. The number of rotatable bonds is 3. The first kappa shape index (κ1) is 10.2. The van der Waals surface area contributed by atoms with Crippen molar-refractivity contribution in [3.8, 4) is 0 Å². The Morgan fingerprint density at radius 3 is 2.69 bits per heavy atom. The van der Waals surface area contributed by atoms with Gasteiger partial charge in [-0.1, -0.05) is 0 Å². The molecule has 70 valence electrons. The highest BCUT2D eigenvalue weighted by atomic mass is 32.2. The Balaban J connectivity index is 2.72. The highest BCUT2D eigenvalue weighted by Gasteiger charge is 2.04. The molecule has 1 aromatic rings. The molecule has 0 unspecified atom stereocenters. The molecule has 1 aromatic carbocycles. The van der Waals surface area contributed by atoms with Crippen LogP contribution in [0.3, 0.4) is 0 Å². The molecule has 4 heteroatoms. The summed E-state index contributed by atoms with van der Waals surface area (Å²) >= 11 is 1.07. The molecule has 0 aliphatic carbocycles. The molecule has 0 aliphatic heterocycles. The van der Waals surface area contributed by atoms with Crippen molar-refractivity contribution in [3.05, 3.63) is 29.8 Å². The summed E-state index contributed by atoms with van der Waals surface area (Å²) in [4.78, 5) is 10.9. The first-order valence-electron chi connectivity index (χ1n) is 3.67. The van der Waals surface area contributed by atoms with E-state index in [0.717, 1.165) is 17.8 Å². The first-order chi connectivity index (χ1) is 6.09. The molecule has 0 heterocycles. The Morgan fingerprint density at radius 2 is 2.15 bits per heavy atom. The van der Waals surface area contributed by atoms with Gasteiger partial charge in [-0.2, -0.15) is 0 Å². The lowest BCUT2D eigenvalue weighted by Crippen LogP contribution is -1.94. The van der Waals surface area contributed by atoms with Gasteiger partial charge < -0.3 is 0 Å². The Hall–Kier alpha value is -0.900. The van der Waals surface area contributed by atoms with Gasteiger partial charge in [-0.15, -0.1) is 11.8 Å². The second kappa shape index (κ2) is 4.37. The third-order valence-electron chi connectivity index (χ3n) is 1.32. The van der Waals surface area contributed by atoms with Crippen LogP contribution < -0.4 is 0 Å². The molecule has 0 fully saturated rings. The highest BCUT2D eigenvalue weighted by molar-refractivity contribution is 8.00. The van der Waals surface area contributed by atoms with E-state index in [1.165, 1.54) is 19.1 Å². The van der Waals surface area contributed by atoms with E-state index in [-0.39, 0.29) is 11.5 Å². The van der Waals surface area contributed by atoms with Gasteiger partial charge in [-0.05, 0) is 19.1 Å². The summed E-state index contributed by atoms with van der Waals surface area (Å²) in [6.07, 6.45) is 0. The lowest BCUT2D eigenvalue weighted by Gasteiger charge is -2.00. The van der Waals surface area contributed by atoms with Crippen LogP contribution in [0.1, 0.15) is 6.92 Å². The van der Waals surface area contributed by atoms with E-state index in [2.05, 4.69) is 0 Å². The van der Waals surface area contributed by atoms with Gasteiger partial charge in [-0.25, -0.2) is 8.78 Å². The van der Waals surface area contributed by atoms with E-state index >= 15 is 0 Å². The maximum atomic E-state index is 12.9. The summed E-state index contributed by atoms with van der Waals surface area (Å²) in [7, 11) is 0. The summed E-state index contributed by atoms with van der Waals surface area (Å²) in [5.74, 6) is -1.05. The zero-order valence-corrected chi connectivity index (χ0v) is 7.83. The van der Waals surface area contributed by atoms with E-state index in [0.29, 0.717) is 4.90 Å². The number of thioether (sulfide) groups is 1. The molecule has 0 amide bonds. The molecule has 0 spiro atoms. The summed E-state index contributed by atoms with van der Waals surface area (Å²) in [6.45, 7) is 1.43. The van der Waals surface area contributed by atoms with E-state index in [1.54, 1.807) is 0 Å². The molecule has 0 saturated carbocycles. The van der Waals surface area contributed by atoms with Crippen LogP contribution in [0.2, 0.25) is 0 Å². The van der Waals surface area contributed by atoms with Crippen molar-refractivity contribution in [1.82, 2.24) is 0 Å². The number of carbonyl (C=O) groups excluding carboxylic acids is 1. The Bertz CT molecular complexity index is 325. The van der Waals surface area contributed by atoms with Crippen LogP contribution in [0.5, 0.6) is 0 Å². The van der Waals surface area contributed by atoms with Crippen LogP contribution in [0.4, 0.5) is 8.78 Å². The Labute approximate surface area is 79.1 Å². The SMILES string of the molecule is CC(=O)CSc1ccc(F)cc1F. The topological polar surface area (TPSA) is 17.1 Å². The van der Waals surface area contributed by atoms with Crippen LogP contribution in [-0.2, 0) is 4.79 Å². The zero-order valence-electron chi connectivity index (χ0n) is 7.01. The van der Waals surface area contributed by atoms with Crippen LogP contribution in [0.15, 0.2) is 23.1 Å². The average Bonchev–Trinajstić information content (AvgIpc) is 2.02. The minimum Gasteiger partial charge on any atom is -0.299 e. The van der Waals surface area contributed by atoms with Crippen LogP contribution in [-0.4, -0.2) is 11.5 Å². The number of halogens is 2. The van der Waals surface area contributed by atoms with Crippen molar-refractivity contribution in [2.75, 3.05) is 5.75 Å². The maximum absolute atomic E-state index is 12.9. The minimum atomic E-state index is -0.619. The normalized spacial score (nSPS) is 10.1. The van der Waals surface area contributed by atoms with E-state index in [9.17, 15) is 13.6 Å². The van der Waals surface area contributed by atoms with E-state index in [4.69, 9.17) is 0 Å². The lowest BCUT2D eigenvalue weighted by molar-refractivity contribution is -0.114. The third kappa shape index (κ3) is 3.14. The smallest absolute Gasteiger partial charge is 0.140 e. The van der Waals surface area contributed by atoms with Crippen molar-refractivity contribution < 1.29 is 13.6 Å². The number of ketones is 1. The molecule has 0 N–H and O–H groups in total. The van der Waals surface area contributed by atoms with Crippen LogP contribution >= 0.6 is 11.8 Å². The fourth-order valence-electron chi connectivity index (χ4n) is 0.772. The van der Waals surface area contributed by atoms with Gasteiger partial charge in [0.1, 0.15) is 17.4 Å². The highest BCUT2D eigenvalue weighted by Crippen LogP contribution is 2.21. The van der Waals surface area contributed by atoms with Crippen molar-refractivity contribution in [2.45, 2.75) is 11.8 Å². The molecular formula is C9H8F2OS. The van der Waals surface area contributed by atoms with Crippen LogP contribution in [0, 0.1) is 11.6 Å². The molecule has 0 aliphatic rings. The van der Waals surface area contributed by atoms with Gasteiger partial charge in [0.15, 0.2) is 0 Å². The van der Waals surface area contributed by atoms with E-state index in [1.807, 2.05) is 0 Å². The molecule has 0 aromatic heterocycles. The predicted molar refractivity (Wildman–Crippen MR) is 47.8 cm³/mol. The first-order valence-corrected chi connectivity index (χ1v) is 4.65. The molecule has 0 saturated heterocycles. The van der Waals surface area contributed by atoms with Crippen molar-refractivity contribution >= 4 is 17.5 Å². The zero-order chi connectivity index (χ0) is 9.84. The number of hydrogen-bond donors (Lipinski definition) is 0. The van der Waals surface area contributed by atoms with Crippen molar-refractivity contribution in [3.63, 3.8) is 0 Å². The largest absolute Gasteiger partial charge is 0.299 e. The molecule has 1 nitrogen and oxygen atoms in total. The molecule has 1 rings (SSSR count). The van der Waals surface area contributed by atoms with Gasteiger partial charge in [-0.3, -0.25) is 4.79 Å². The van der Waals surface area contributed by atoms with E-state index < -0.39 is 11.6 Å². The quantitative estimate of drug-likeness (QED) is 0.701. The van der Waals surface area contributed by atoms with Crippen molar-refractivity contribution in [2.24, 2.45) is 0 Å². The van der Waals surface area contributed by atoms with Gasteiger partial charge in [0, 0.05) is 11.0 Å². The Morgan fingerprint density at radius 1 is 1.46 bits per heavy atom. The van der Waals surface area contributed by atoms with Gasteiger partial charge in [0.25, 0.3) is 0 Å². The Kier molecular flexibility index (Phi) is 3.42. The second-order valence-corrected chi connectivity index (χ2v) is 3.58. The van der Waals surface area contributed by atoms with Gasteiger partial charge >= 0.3 is 0 Å². The molecule has 0 atom stereocenters. The van der Waals surface area contributed by atoms with Gasteiger partial charge in [0.05, 0.1) is 5.75 Å². The minimum absolute atomic E-state index is 0.0336. The second-order valence-electron chi connectivity index (χ2n) is 2.57. The fraction of sp³-hybridized carbons (Fsp3) is 0.222. The van der Waals surface area contributed by atoms with Gasteiger partial charge in [0.2, 0.25) is 0 Å². The standard InChI is InChI=1S/C9H8F2OS/c1-6(12)5-13-9-3-2-7(10)4-8(9)11/h2-4H,5H2,1H3. The van der Waals surface area contributed by atoms with Crippen LogP contribution in [0.25, 0.3) is 0 Å². The number of hydrogen-bond acceptors (Lipinski definition) is 2. The summed E-state index contributed by atoms with van der Waals surface area (Å²) < 4.78 is 25.4. The van der Waals surface area contributed by atoms with Crippen molar-refractivity contribution in [1.29, 1.82) is 0 Å². The maximum Gasteiger partial charge on any atom is 0.140 e. The molecule has 13 heavy (non-hydrogen) atoms. The number of carbonyl (C=O) groups is 1. The number of benzene rings is 1. The number of Topliss-reactive ketones (excluding diaryl/α,β-unsaturated/α-hetero) is 1. The third-order valence-corrected chi connectivity index (χ3v) is 2.52. The lowest BCUT2D eigenvalue weighted by atomic mass is 10.3. The molecule has 0 radical (unpaired) electrons.